The molecule has 0 atom stereocenters. The molecule has 0 aliphatic carbocycles. The van der Waals surface area contributed by atoms with Crippen molar-refractivity contribution < 1.29 is 9.53 Å². The molecule has 1 aromatic rings. The molecule has 0 saturated carbocycles. The van der Waals surface area contributed by atoms with Crippen LogP contribution in [-0.2, 0) is 16.0 Å². The molecule has 1 aliphatic rings. The van der Waals surface area contributed by atoms with Gasteiger partial charge >= 0.3 is 0 Å². The summed E-state index contributed by atoms with van der Waals surface area (Å²) in [7, 11) is 0. The highest BCUT2D eigenvalue weighted by atomic mass is 32.1. The summed E-state index contributed by atoms with van der Waals surface area (Å²) in [4.78, 5) is 18.5. The molecule has 4 nitrogen and oxygen atoms in total. The van der Waals surface area contributed by atoms with Gasteiger partial charge in [0.05, 0.1) is 25.1 Å². The molecule has 1 fully saturated rings. The Morgan fingerprint density at radius 1 is 1.57 bits per heavy atom. The summed E-state index contributed by atoms with van der Waals surface area (Å²) in [6, 6.07) is 0. The number of hydrogen-bond acceptors (Lipinski definition) is 4. The average Bonchev–Trinajstić information content (AvgIpc) is 2.72. The van der Waals surface area contributed by atoms with Crippen LogP contribution < -0.4 is 0 Å². The third-order valence-electron chi connectivity index (χ3n) is 2.17. The quantitative estimate of drug-likeness (QED) is 0.718. The Bertz CT molecular complexity index is 294. The molecule has 2 rings (SSSR count). The van der Waals surface area contributed by atoms with Crippen LogP contribution in [0.15, 0.2) is 11.7 Å². The molecular weight excluding hydrogens is 200 g/mol. The standard InChI is InChI=1S/C9H12N2O2S/c12-9(5-8-6-10-7-14-8)11-1-3-13-4-2-11/h6-7H,1-5H2. The number of aromatic nitrogens is 1. The molecule has 0 N–H and O–H groups in total. The molecule has 1 amide bonds. The molecule has 0 spiro atoms. The van der Waals surface area contributed by atoms with Gasteiger partial charge in [-0.3, -0.25) is 9.78 Å². The zero-order valence-electron chi connectivity index (χ0n) is 7.81. The Morgan fingerprint density at radius 2 is 2.36 bits per heavy atom. The summed E-state index contributed by atoms with van der Waals surface area (Å²) < 4.78 is 5.18. The molecule has 76 valence electrons. The first-order valence-corrected chi connectivity index (χ1v) is 5.47. The van der Waals surface area contributed by atoms with Crippen LogP contribution in [0.3, 0.4) is 0 Å². The minimum Gasteiger partial charge on any atom is -0.378 e. The van der Waals surface area contributed by atoms with Gasteiger partial charge in [0.15, 0.2) is 0 Å². The van der Waals surface area contributed by atoms with E-state index in [1.165, 1.54) is 11.3 Å². The van der Waals surface area contributed by atoms with Gasteiger partial charge in [0, 0.05) is 24.2 Å². The summed E-state index contributed by atoms with van der Waals surface area (Å²) in [5.41, 5.74) is 1.75. The van der Waals surface area contributed by atoms with Crippen LogP contribution in [0.2, 0.25) is 0 Å². The number of amides is 1. The first-order valence-electron chi connectivity index (χ1n) is 4.59. The average molecular weight is 212 g/mol. The Hall–Kier alpha value is -0.940. The number of hydrogen-bond donors (Lipinski definition) is 0. The SMILES string of the molecule is O=C(Cc1cncs1)N1CCOCC1. The van der Waals surface area contributed by atoms with E-state index in [2.05, 4.69) is 4.98 Å². The van der Waals surface area contributed by atoms with Crippen LogP contribution in [0, 0.1) is 0 Å². The van der Waals surface area contributed by atoms with Crippen LogP contribution in [0.4, 0.5) is 0 Å². The minimum absolute atomic E-state index is 0.178. The number of ether oxygens (including phenoxy) is 1. The summed E-state index contributed by atoms with van der Waals surface area (Å²) in [6.07, 6.45) is 2.23. The van der Waals surface area contributed by atoms with Gasteiger partial charge in [-0.2, -0.15) is 0 Å². The molecule has 2 heterocycles. The van der Waals surface area contributed by atoms with Crippen LogP contribution >= 0.6 is 11.3 Å². The predicted octanol–water partition coefficient (Wildman–Crippen LogP) is 0.544. The largest absolute Gasteiger partial charge is 0.378 e. The van der Waals surface area contributed by atoms with Gasteiger partial charge < -0.3 is 9.64 Å². The number of rotatable bonds is 2. The van der Waals surface area contributed by atoms with E-state index in [9.17, 15) is 4.79 Å². The van der Waals surface area contributed by atoms with E-state index in [1.54, 1.807) is 11.7 Å². The monoisotopic (exact) mass is 212 g/mol. The van der Waals surface area contributed by atoms with Crippen molar-refractivity contribution in [2.24, 2.45) is 0 Å². The molecule has 14 heavy (non-hydrogen) atoms. The Kier molecular flexibility index (Phi) is 3.10. The van der Waals surface area contributed by atoms with E-state index < -0.39 is 0 Å². The highest BCUT2D eigenvalue weighted by molar-refractivity contribution is 7.09. The molecule has 1 aliphatic heterocycles. The minimum atomic E-state index is 0.178. The molecule has 1 saturated heterocycles. The third-order valence-corrected chi connectivity index (χ3v) is 2.95. The smallest absolute Gasteiger partial charge is 0.228 e. The van der Waals surface area contributed by atoms with Gasteiger partial charge in [0.25, 0.3) is 0 Å². The van der Waals surface area contributed by atoms with Crippen molar-refractivity contribution in [3.8, 4) is 0 Å². The summed E-state index contributed by atoms with van der Waals surface area (Å²) in [6.45, 7) is 2.76. The summed E-state index contributed by atoms with van der Waals surface area (Å²) >= 11 is 1.53. The lowest BCUT2D eigenvalue weighted by atomic mass is 10.3. The first-order chi connectivity index (χ1) is 6.86. The zero-order valence-corrected chi connectivity index (χ0v) is 8.63. The van der Waals surface area contributed by atoms with Crippen LogP contribution in [0.5, 0.6) is 0 Å². The maximum Gasteiger partial charge on any atom is 0.228 e. The topological polar surface area (TPSA) is 42.4 Å². The molecule has 0 unspecified atom stereocenters. The van der Waals surface area contributed by atoms with Crippen LogP contribution in [-0.4, -0.2) is 42.1 Å². The van der Waals surface area contributed by atoms with Gasteiger partial charge in [0.2, 0.25) is 5.91 Å². The fourth-order valence-corrected chi connectivity index (χ4v) is 1.99. The molecule has 0 radical (unpaired) electrons. The van der Waals surface area contributed by atoms with Gasteiger partial charge in [-0.05, 0) is 0 Å². The van der Waals surface area contributed by atoms with Gasteiger partial charge in [0.1, 0.15) is 0 Å². The second-order valence-electron chi connectivity index (χ2n) is 3.14. The number of carbonyl (C=O) groups excluding carboxylic acids is 1. The lowest BCUT2D eigenvalue weighted by Gasteiger charge is -2.26. The first kappa shape index (κ1) is 9.61. The number of morpholine rings is 1. The van der Waals surface area contributed by atoms with Crippen molar-refractivity contribution in [2.45, 2.75) is 6.42 Å². The second-order valence-corrected chi connectivity index (χ2v) is 4.11. The van der Waals surface area contributed by atoms with Crippen LogP contribution in [0.1, 0.15) is 4.88 Å². The fourth-order valence-electron chi connectivity index (χ4n) is 1.40. The number of nitrogens with zero attached hydrogens (tertiary/aromatic N) is 2. The number of thiazole rings is 1. The molecule has 5 heteroatoms. The maximum absolute atomic E-state index is 11.7. The highest BCUT2D eigenvalue weighted by Crippen LogP contribution is 2.09. The maximum atomic E-state index is 11.7. The van der Waals surface area contributed by atoms with E-state index in [-0.39, 0.29) is 5.91 Å². The summed E-state index contributed by atoms with van der Waals surface area (Å²) in [5, 5.41) is 0. The molecule has 0 aromatic carbocycles. The number of carbonyl (C=O) groups is 1. The molecule has 0 bridgehead atoms. The van der Waals surface area contributed by atoms with Gasteiger partial charge in [-0.15, -0.1) is 11.3 Å². The predicted molar refractivity (Wildman–Crippen MR) is 53.2 cm³/mol. The van der Waals surface area contributed by atoms with Crippen LogP contribution in [0.25, 0.3) is 0 Å². The summed E-state index contributed by atoms with van der Waals surface area (Å²) in [5.74, 6) is 0.178. The van der Waals surface area contributed by atoms with Crippen molar-refractivity contribution >= 4 is 17.2 Å². The zero-order chi connectivity index (χ0) is 9.80. The Labute approximate surface area is 86.5 Å². The van der Waals surface area contributed by atoms with Gasteiger partial charge in [-0.25, -0.2) is 0 Å². The van der Waals surface area contributed by atoms with Crippen molar-refractivity contribution in [3.05, 3.63) is 16.6 Å². The molecule has 1 aromatic heterocycles. The lowest BCUT2D eigenvalue weighted by Crippen LogP contribution is -2.41. The van der Waals surface area contributed by atoms with Crippen molar-refractivity contribution in [1.29, 1.82) is 0 Å². The Balaban J connectivity index is 1.88. The van der Waals surface area contributed by atoms with Crippen molar-refractivity contribution in [1.82, 2.24) is 9.88 Å². The van der Waals surface area contributed by atoms with E-state index in [1.807, 2.05) is 4.90 Å². The molecular formula is C9H12N2O2S. The normalized spacial score (nSPS) is 17.0. The van der Waals surface area contributed by atoms with E-state index in [0.29, 0.717) is 19.6 Å². The van der Waals surface area contributed by atoms with Crippen molar-refractivity contribution in [2.75, 3.05) is 26.3 Å². The Morgan fingerprint density at radius 3 is 3.00 bits per heavy atom. The van der Waals surface area contributed by atoms with E-state index in [0.717, 1.165) is 18.0 Å². The van der Waals surface area contributed by atoms with Gasteiger partial charge in [-0.1, -0.05) is 0 Å². The van der Waals surface area contributed by atoms with E-state index >= 15 is 0 Å². The van der Waals surface area contributed by atoms with Crippen molar-refractivity contribution in [3.63, 3.8) is 0 Å². The highest BCUT2D eigenvalue weighted by Gasteiger charge is 2.17. The third kappa shape index (κ3) is 2.30. The second kappa shape index (κ2) is 4.52. The fraction of sp³-hybridized carbons (Fsp3) is 0.556. The van der Waals surface area contributed by atoms with E-state index in [4.69, 9.17) is 4.74 Å². The lowest BCUT2D eigenvalue weighted by molar-refractivity contribution is -0.134.